The van der Waals surface area contributed by atoms with Crippen molar-refractivity contribution in [1.82, 2.24) is 9.55 Å². The van der Waals surface area contributed by atoms with Gasteiger partial charge in [-0.1, -0.05) is 13.0 Å². The molecule has 0 bridgehead atoms. The molecule has 2 saturated heterocycles. The van der Waals surface area contributed by atoms with Crippen LogP contribution in [0.3, 0.4) is 0 Å². The molecule has 0 spiro atoms. The minimum Gasteiger partial charge on any atom is -0.393 e. The van der Waals surface area contributed by atoms with E-state index >= 15 is 0 Å². The number of aryl methyl sites for hydroxylation is 1. The minimum atomic E-state index is -0.306. The standard InChI is InChI=1S/C29H37FN4O3/c1-18-15-22(19(2)31-24-6-5-20(30)17-25(24)34-11-7-21(35)8-12-34)26-23(16-18)27(36)33(4)28(32-26)29(3)9-13-37-14-10-29/h5-6,15-17,19,21,31,35H,7-14H2,1-4H3/t19-/m1/s1. The molecule has 1 aromatic heterocycles. The number of anilines is 2. The molecule has 5 rings (SSSR count). The van der Waals surface area contributed by atoms with Crippen LogP contribution in [0.15, 0.2) is 35.1 Å². The van der Waals surface area contributed by atoms with E-state index in [1.165, 1.54) is 6.07 Å². The van der Waals surface area contributed by atoms with Crippen LogP contribution in [0.4, 0.5) is 15.8 Å². The number of hydrogen-bond acceptors (Lipinski definition) is 6. The summed E-state index contributed by atoms with van der Waals surface area (Å²) < 4.78 is 21.6. The normalized spacial score (nSPS) is 19.2. The first kappa shape index (κ1) is 25.7. The minimum absolute atomic E-state index is 0.0424. The van der Waals surface area contributed by atoms with Gasteiger partial charge in [0.15, 0.2) is 0 Å². The van der Waals surface area contributed by atoms with Crippen molar-refractivity contribution in [2.24, 2.45) is 7.05 Å². The van der Waals surface area contributed by atoms with E-state index in [-0.39, 0.29) is 28.9 Å². The summed E-state index contributed by atoms with van der Waals surface area (Å²) in [6, 6.07) is 8.60. The van der Waals surface area contributed by atoms with Gasteiger partial charge < -0.3 is 20.1 Å². The maximum absolute atomic E-state index is 14.3. The monoisotopic (exact) mass is 508 g/mol. The van der Waals surface area contributed by atoms with Gasteiger partial charge in [-0.15, -0.1) is 0 Å². The predicted molar refractivity (Wildman–Crippen MR) is 145 cm³/mol. The number of nitrogens with zero attached hydrogens (tertiary/aromatic N) is 3. The summed E-state index contributed by atoms with van der Waals surface area (Å²) in [6.45, 7) is 8.86. The molecule has 0 unspecified atom stereocenters. The van der Waals surface area contributed by atoms with Crippen LogP contribution in [0.25, 0.3) is 10.9 Å². The molecule has 0 radical (unpaired) electrons. The maximum atomic E-state index is 14.3. The number of halogens is 1. The Morgan fingerprint density at radius 3 is 2.59 bits per heavy atom. The van der Waals surface area contributed by atoms with Crippen molar-refractivity contribution < 1.29 is 14.2 Å². The first-order valence-electron chi connectivity index (χ1n) is 13.2. The van der Waals surface area contributed by atoms with Crippen LogP contribution in [-0.2, 0) is 17.2 Å². The van der Waals surface area contributed by atoms with E-state index in [9.17, 15) is 14.3 Å². The molecule has 2 fully saturated rings. The number of aromatic nitrogens is 2. The number of aliphatic hydroxyl groups excluding tert-OH is 1. The highest BCUT2D eigenvalue weighted by molar-refractivity contribution is 5.83. The fourth-order valence-corrected chi connectivity index (χ4v) is 5.77. The molecule has 2 N–H and O–H groups in total. The van der Waals surface area contributed by atoms with Crippen LogP contribution in [-0.4, -0.2) is 47.1 Å². The van der Waals surface area contributed by atoms with Crippen molar-refractivity contribution in [2.45, 2.75) is 64.0 Å². The zero-order chi connectivity index (χ0) is 26.3. The lowest BCUT2D eigenvalue weighted by atomic mass is 9.81. The maximum Gasteiger partial charge on any atom is 0.261 e. The summed E-state index contributed by atoms with van der Waals surface area (Å²) in [6.07, 6.45) is 2.65. The lowest BCUT2D eigenvalue weighted by Crippen LogP contribution is -2.38. The smallest absolute Gasteiger partial charge is 0.261 e. The highest BCUT2D eigenvalue weighted by atomic mass is 19.1. The third kappa shape index (κ3) is 4.97. The van der Waals surface area contributed by atoms with Gasteiger partial charge in [0.25, 0.3) is 5.56 Å². The Kier molecular flexibility index (Phi) is 6.98. The number of rotatable bonds is 5. The van der Waals surface area contributed by atoms with Crippen LogP contribution >= 0.6 is 0 Å². The second kappa shape index (κ2) is 10.1. The quantitative estimate of drug-likeness (QED) is 0.525. The molecule has 3 heterocycles. The van der Waals surface area contributed by atoms with Crippen molar-refractivity contribution in [2.75, 3.05) is 36.5 Å². The molecule has 0 saturated carbocycles. The number of piperidine rings is 1. The topological polar surface area (TPSA) is 79.6 Å². The number of aliphatic hydroxyl groups is 1. The van der Waals surface area contributed by atoms with Gasteiger partial charge in [-0.25, -0.2) is 9.37 Å². The van der Waals surface area contributed by atoms with E-state index in [2.05, 4.69) is 30.1 Å². The number of fused-ring (bicyclic) bond motifs is 1. The molecule has 0 amide bonds. The van der Waals surface area contributed by atoms with E-state index < -0.39 is 0 Å². The molecular formula is C29H37FN4O3. The zero-order valence-electron chi connectivity index (χ0n) is 22.2. The fourth-order valence-electron chi connectivity index (χ4n) is 5.77. The Hall–Kier alpha value is -2.97. The second-order valence-electron chi connectivity index (χ2n) is 11.0. The average molecular weight is 509 g/mol. The first-order valence-corrected chi connectivity index (χ1v) is 13.2. The van der Waals surface area contributed by atoms with Gasteiger partial charge in [0, 0.05) is 44.3 Å². The largest absolute Gasteiger partial charge is 0.393 e. The number of hydrogen-bond donors (Lipinski definition) is 2. The van der Waals surface area contributed by atoms with Crippen molar-refractivity contribution >= 4 is 22.3 Å². The second-order valence-corrected chi connectivity index (χ2v) is 11.0. The van der Waals surface area contributed by atoms with E-state index in [1.807, 2.05) is 20.0 Å². The predicted octanol–water partition coefficient (Wildman–Crippen LogP) is 4.58. The average Bonchev–Trinajstić information content (AvgIpc) is 2.88. The molecule has 8 heteroatoms. The van der Waals surface area contributed by atoms with Crippen LogP contribution in [0, 0.1) is 12.7 Å². The summed E-state index contributed by atoms with van der Waals surface area (Å²) in [5.41, 5.74) is 3.97. The lowest BCUT2D eigenvalue weighted by Gasteiger charge is -2.34. The highest BCUT2D eigenvalue weighted by Gasteiger charge is 2.34. The van der Waals surface area contributed by atoms with Gasteiger partial charge in [0.2, 0.25) is 0 Å². The Morgan fingerprint density at radius 1 is 1.19 bits per heavy atom. The number of ether oxygens (including phenoxy) is 1. The molecule has 0 aliphatic carbocycles. The highest BCUT2D eigenvalue weighted by Crippen LogP contribution is 2.36. The van der Waals surface area contributed by atoms with Gasteiger partial charge in [0.1, 0.15) is 11.6 Å². The van der Waals surface area contributed by atoms with Crippen molar-refractivity contribution in [3.05, 3.63) is 63.5 Å². The van der Waals surface area contributed by atoms with Gasteiger partial charge in [-0.3, -0.25) is 9.36 Å². The summed E-state index contributed by atoms with van der Waals surface area (Å²) in [5, 5.41) is 14.1. The van der Waals surface area contributed by atoms with E-state index in [0.29, 0.717) is 50.0 Å². The first-order chi connectivity index (χ1) is 17.7. The number of benzene rings is 2. The van der Waals surface area contributed by atoms with E-state index in [0.717, 1.165) is 41.2 Å². The van der Waals surface area contributed by atoms with E-state index in [4.69, 9.17) is 9.72 Å². The number of nitrogens with one attached hydrogen (secondary N) is 1. The molecular weight excluding hydrogens is 471 g/mol. The summed E-state index contributed by atoms with van der Waals surface area (Å²) in [7, 11) is 1.81. The van der Waals surface area contributed by atoms with Crippen LogP contribution < -0.4 is 15.8 Å². The van der Waals surface area contributed by atoms with Crippen molar-refractivity contribution in [3.63, 3.8) is 0 Å². The molecule has 1 atom stereocenters. The summed E-state index contributed by atoms with van der Waals surface area (Å²) >= 11 is 0. The molecule has 7 nitrogen and oxygen atoms in total. The Labute approximate surface area is 217 Å². The summed E-state index contributed by atoms with van der Waals surface area (Å²) in [4.78, 5) is 20.8. The molecule has 2 aliphatic heterocycles. The fraction of sp³-hybridized carbons (Fsp3) is 0.517. The van der Waals surface area contributed by atoms with Crippen molar-refractivity contribution in [1.29, 1.82) is 0 Å². The molecule has 3 aromatic rings. The zero-order valence-corrected chi connectivity index (χ0v) is 22.2. The Balaban J connectivity index is 1.56. The van der Waals surface area contributed by atoms with Gasteiger partial charge in [0.05, 0.1) is 34.4 Å². The lowest BCUT2D eigenvalue weighted by molar-refractivity contribution is 0.0523. The van der Waals surface area contributed by atoms with Crippen LogP contribution in [0.1, 0.15) is 62.5 Å². The van der Waals surface area contributed by atoms with Crippen LogP contribution in [0.2, 0.25) is 0 Å². The molecule has 2 aromatic carbocycles. The Morgan fingerprint density at radius 2 is 1.89 bits per heavy atom. The van der Waals surface area contributed by atoms with Gasteiger partial charge in [-0.2, -0.15) is 0 Å². The van der Waals surface area contributed by atoms with Crippen LogP contribution in [0.5, 0.6) is 0 Å². The third-order valence-electron chi connectivity index (χ3n) is 8.09. The molecule has 198 valence electrons. The Bertz CT molecular complexity index is 1360. The third-order valence-corrected chi connectivity index (χ3v) is 8.09. The summed E-state index contributed by atoms with van der Waals surface area (Å²) in [5.74, 6) is 0.500. The van der Waals surface area contributed by atoms with Crippen molar-refractivity contribution in [3.8, 4) is 0 Å². The SMILES string of the molecule is Cc1cc([C@@H](C)Nc2ccc(F)cc2N2CCC(O)CC2)c2nc(C3(C)CCOCC3)n(C)c(=O)c2c1. The van der Waals surface area contributed by atoms with Gasteiger partial charge >= 0.3 is 0 Å². The van der Waals surface area contributed by atoms with E-state index in [1.54, 1.807) is 16.7 Å². The molecule has 37 heavy (non-hydrogen) atoms. The van der Waals surface area contributed by atoms with Gasteiger partial charge in [-0.05, 0) is 69.4 Å². The molecule has 2 aliphatic rings.